The number of halogens is 2. The number of nitrogens with one attached hydrogen (secondary N) is 1. The molecule has 0 aliphatic carbocycles. The smallest absolute Gasteiger partial charge is 0.226 e. The molecule has 31 heavy (non-hydrogen) atoms. The van der Waals surface area contributed by atoms with Crippen molar-refractivity contribution in [2.75, 3.05) is 23.3 Å². The van der Waals surface area contributed by atoms with Crippen molar-refractivity contribution in [3.8, 4) is 0 Å². The Bertz CT molecular complexity index is 1210. The van der Waals surface area contributed by atoms with E-state index in [1.165, 1.54) is 24.0 Å². The molecule has 1 aromatic carbocycles. The van der Waals surface area contributed by atoms with Crippen molar-refractivity contribution in [1.29, 1.82) is 0 Å². The van der Waals surface area contributed by atoms with E-state index in [2.05, 4.69) is 42.3 Å². The first-order chi connectivity index (χ1) is 15.2. The van der Waals surface area contributed by atoms with Crippen LogP contribution in [0, 0.1) is 5.82 Å². The van der Waals surface area contributed by atoms with Gasteiger partial charge >= 0.3 is 0 Å². The minimum Gasteiger partial charge on any atom is -0.341 e. The fourth-order valence-corrected chi connectivity index (χ4v) is 4.03. The lowest BCUT2D eigenvalue weighted by atomic mass is 9.90. The molecule has 4 aromatic rings. The molecule has 1 aliphatic rings. The number of rotatable bonds is 4. The molecule has 0 unspecified atom stereocenters. The summed E-state index contributed by atoms with van der Waals surface area (Å²) in [7, 11) is 0. The lowest BCUT2D eigenvalue weighted by molar-refractivity contribution is 0.499. The third kappa shape index (κ3) is 4.11. The van der Waals surface area contributed by atoms with E-state index in [4.69, 9.17) is 16.6 Å². The first-order valence-corrected chi connectivity index (χ1v) is 10.4. The second kappa shape index (κ2) is 8.39. The van der Waals surface area contributed by atoms with Crippen LogP contribution in [0.5, 0.6) is 0 Å². The van der Waals surface area contributed by atoms with Gasteiger partial charge in [0.1, 0.15) is 23.2 Å². The van der Waals surface area contributed by atoms with Gasteiger partial charge in [-0.3, -0.25) is 4.98 Å². The lowest BCUT2D eigenvalue weighted by Gasteiger charge is -2.32. The number of hydrogen-bond acceptors (Lipinski definition) is 7. The number of pyridine rings is 1. The summed E-state index contributed by atoms with van der Waals surface area (Å²) in [6.07, 6.45) is 8.88. The normalized spacial score (nSPS) is 14.7. The van der Waals surface area contributed by atoms with Crippen LogP contribution in [0.15, 0.2) is 55.2 Å². The molecule has 0 amide bonds. The zero-order valence-corrected chi connectivity index (χ0v) is 17.3. The predicted octanol–water partition coefficient (Wildman–Crippen LogP) is 4.73. The van der Waals surface area contributed by atoms with Crippen LogP contribution in [0.25, 0.3) is 11.0 Å². The van der Waals surface area contributed by atoms with Gasteiger partial charge in [0.15, 0.2) is 5.82 Å². The van der Waals surface area contributed by atoms with Crippen LogP contribution in [0.3, 0.4) is 0 Å². The van der Waals surface area contributed by atoms with E-state index < -0.39 is 5.82 Å². The van der Waals surface area contributed by atoms with Crippen LogP contribution in [0.4, 0.5) is 21.8 Å². The molecule has 1 fully saturated rings. The number of hydrogen-bond donors (Lipinski definition) is 1. The Hall–Kier alpha value is -3.39. The summed E-state index contributed by atoms with van der Waals surface area (Å²) in [5.74, 6) is 1.21. The van der Waals surface area contributed by atoms with Gasteiger partial charge in [-0.2, -0.15) is 0 Å². The SMILES string of the molecule is Fc1ccc(Nc2ncnc3cnc(N4CCC(c5ccncc5)CC4)nc23)cc1Cl. The summed E-state index contributed by atoms with van der Waals surface area (Å²) in [6, 6.07) is 8.59. The second-order valence-electron chi connectivity index (χ2n) is 7.42. The maximum atomic E-state index is 13.5. The molecule has 0 radical (unpaired) electrons. The van der Waals surface area contributed by atoms with Crippen LogP contribution < -0.4 is 10.2 Å². The predicted molar refractivity (Wildman–Crippen MR) is 118 cm³/mol. The molecule has 0 saturated carbocycles. The second-order valence-corrected chi connectivity index (χ2v) is 7.83. The zero-order chi connectivity index (χ0) is 21.2. The molecule has 0 spiro atoms. The van der Waals surface area contributed by atoms with E-state index in [0.717, 1.165) is 25.9 Å². The van der Waals surface area contributed by atoms with Crippen molar-refractivity contribution in [2.45, 2.75) is 18.8 Å². The van der Waals surface area contributed by atoms with Crippen molar-refractivity contribution in [1.82, 2.24) is 24.9 Å². The molecule has 0 atom stereocenters. The summed E-state index contributed by atoms with van der Waals surface area (Å²) < 4.78 is 13.5. The Labute approximate surface area is 183 Å². The van der Waals surface area contributed by atoms with Crippen molar-refractivity contribution < 1.29 is 4.39 Å². The highest BCUT2D eigenvalue weighted by atomic mass is 35.5. The molecular weight excluding hydrogens is 417 g/mol. The molecule has 1 aliphatic heterocycles. The zero-order valence-electron chi connectivity index (χ0n) is 16.5. The van der Waals surface area contributed by atoms with Crippen LogP contribution in [0.2, 0.25) is 5.02 Å². The van der Waals surface area contributed by atoms with Gasteiger partial charge in [0.05, 0.1) is 11.2 Å². The maximum Gasteiger partial charge on any atom is 0.226 e. The minimum absolute atomic E-state index is 0.0377. The minimum atomic E-state index is -0.473. The van der Waals surface area contributed by atoms with E-state index >= 15 is 0 Å². The van der Waals surface area contributed by atoms with Gasteiger partial charge in [0.2, 0.25) is 5.95 Å². The Morgan fingerprint density at radius 2 is 1.84 bits per heavy atom. The van der Waals surface area contributed by atoms with Gasteiger partial charge < -0.3 is 10.2 Å². The topological polar surface area (TPSA) is 79.7 Å². The summed E-state index contributed by atoms with van der Waals surface area (Å²) in [4.78, 5) is 24.1. The van der Waals surface area contributed by atoms with Crippen molar-refractivity contribution in [3.05, 3.63) is 71.7 Å². The van der Waals surface area contributed by atoms with Crippen LogP contribution in [-0.2, 0) is 0 Å². The van der Waals surface area contributed by atoms with Crippen LogP contribution in [-0.4, -0.2) is 38.0 Å². The molecule has 1 saturated heterocycles. The summed E-state index contributed by atoms with van der Waals surface area (Å²) >= 11 is 5.90. The highest BCUT2D eigenvalue weighted by Crippen LogP contribution is 2.30. The Morgan fingerprint density at radius 3 is 2.61 bits per heavy atom. The van der Waals surface area contributed by atoms with E-state index in [0.29, 0.717) is 34.4 Å². The van der Waals surface area contributed by atoms with Crippen LogP contribution in [0.1, 0.15) is 24.3 Å². The first kappa shape index (κ1) is 19.6. The fraction of sp³-hybridized carbons (Fsp3) is 0.227. The quantitative estimate of drug-likeness (QED) is 0.496. The van der Waals surface area contributed by atoms with E-state index in [1.807, 2.05) is 12.4 Å². The average Bonchev–Trinajstić information content (AvgIpc) is 2.82. The summed E-state index contributed by atoms with van der Waals surface area (Å²) in [6.45, 7) is 1.73. The molecular formula is C22H19ClFN7. The van der Waals surface area contributed by atoms with Crippen molar-refractivity contribution >= 4 is 40.1 Å². The summed E-state index contributed by atoms with van der Waals surface area (Å²) in [5.41, 5.74) is 3.17. The summed E-state index contributed by atoms with van der Waals surface area (Å²) in [5, 5.41) is 3.19. The standard InChI is InChI=1S/C22H19ClFN7/c23-17-11-16(1-2-18(17)24)29-21-20-19(27-13-28-21)12-26-22(30-20)31-9-5-15(6-10-31)14-3-7-25-8-4-14/h1-4,7-8,11-13,15H,5-6,9-10H2,(H,27,28,29). The van der Waals surface area contributed by atoms with E-state index in [-0.39, 0.29) is 5.02 Å². The third-order valence-electron chi connectivity index (χ3n) is 5.50. The number of anilines is 3. The van der Waals surface area contributed by atoms with E-state index in [1.54, 1.807) is 12.3 Å². The van der Waals surface area contributed by atoms with Gasteiger partial charge in [-0.25, -0.2) is 24.3 Å². The first-order valence-electron chi connectivity index (χ1n) is 10.0. The number of aromatic nitrogens is 5. The highest BCUT2D eigenvalue weighted by molar-refractivity contribution is 6.31. The lowest BCUT2D eigenvalue weighted by Crippen LogP contribution is -2.34. The third-order valence-corrected chi connectivity index (χ3v) is 5.79. The molecule has 7 nitrogen and oxygen atoms in total. The average molecular weight is 436 g/mol. The molecule has 3 aromatic heterocycles. The fourth-order valence-electron chi connectivity index (χ4n) is 3.85. The number of benzene rings is 1. The van der Waals surface area contributed by atoms with Crippen molar-refractivity contribution in [3.63, 3.8) is 0 Å². The molecule has 5 rings (SSSR count). The Kier molecular flexibility index (Phi) is 5.30. The number of piperidine rings is 1. The largest absolute Gasteiger partial charge is 0.341 e. The van der Waals surface area contributed by atoms with Gasteiger partial charge in [0, 0.05) is 31.2 Å². The van der Waals surface area contributed by atoms with Gasteiger partial charge in [-0.1, -0.05) is 11.6 Å². The molecule has 0 bridgehead atoms. The van der Waals surface area contributed by atoms with Crippen molar-refractivity contribution in [2.24, 2.45) is 0 Å². The molecule has 156 valence electrons. The Balaban J connectivity index is 1.38. The van der Waals surface area contributed by atoms with Gasteiger partial charge in [-0.15, -0.1) is 0 Å². The van der Waals surface area contributed by atoms with Gasteiger partial charge in [0.25, 0.3) is 0 Å². The molecule has 9 heteroatoms. The van der Waals surface area contributed by atoms with Crippen LogP contribution >= 0.6 is 11.6 Å². The van der Waals surface area contributed by atoms with Gasteiger partial charge in [-0.05, 0) is 54.7 Å². The number of fused-ring (bicyclic) bond motifs is 1. The maximum absolute atomic E-state index is 13.5. The van der Waals surface area contributed by atoms with E-state index in [9.17, 15) is 4.39 Å². The molecule has 1 N–H and O–H groups in total. The Morgan fingerprint density at radius 1 is 1.03 bits per heavy atom. The number of nitrogens with zero attached hydrogens (tertiary/aromatic N) is 6. The molecule has 4 heterocycles. The monoisotopic (exact) mass is 435 g/mol. The highest BCUT2D eigenvalue weighted by Gasteiger charge is 2.23.